The number of esters is 1. The van der Waals surface area contributed by atoms with E-state index >= 15 is 0 Å². The van der Waals surface area contributed by atoms with E-state index in [1.54, 1.807) is 19.1 Å². The van der Waals surface area contributed by atoms with Crippen molar-refractivity contribution in [3.63, 3.8) is 0 Å². The van der Waals surface area contributed by atoms with Crippen LogP contribution in [0.25, 0.3) is 0 Å². The molecule has 1 aliphatic heterocycles. The molecule has 0 radical (unpaired) electrons. The van der Waals surface area contributed by atoms with Crippen molar-refractivity contribution in [1.29, 1.82) is 0 Å². The molecule has 5 N–H and O–H groups in total. The lowest BCUT2D eigenvalue weighted by molar-refractivity contribution is -0.121. The maximum absolute atomic E-state index is 13.8. The standard InChI is InChI=1S/C33H38F2N4O4/c1-3-21-6-4-7-22(12-21)18-38-19-30(28(36)15-23-13-26(34)17-27(35)14-23)43-33(42)25-11-20(2)10-24(16-25)32(41)39-9-5-8-29(39)31(37)40/h4,6-7,10-14,16-17,28-30,38H,3,5,8-9,15,18-19,36H2,1-2H3,(H2,37,40)/t28-,29-,30+/m0/s1. The first-order valence-corrected chi connectivity index (χ1v) is 14.5. The van der Waals surface area contributed by atoms with Gasteiger partial charge in [-0.05, 0) is 85.2 Å². The number of carbonyl (C=O) groups is 3. The van der Waals surface area contributed by atoms with E-state index in [0.717, 1.165) is 18.1 Å². The minimum atomic E-state index is -0.870. The average molecular weight is 593 g/mol. The summed E-state index contributed by atoms with van der Waals surface area (Å²) in [6, 6.07) is 14.4. The van der Waals surface area contributed by atoms with Gasteiger partial charge in [0.2, 0.25) is 5.91 Å². The number of hydrogen-bond acceptors (Lipinski definition) is 6. The fourth-order valence-corrected chi connectivity index (χ4v) is 5.43. The van der Waals surface area contributed by atoms with Gasteiger partial charge >= 0.3 is 5.97 Å². The van der Waals surface area contributed by atoms with Gasteiger partial charge in [0.1, 0.15) is 23.8 Å². The first-order chi connectivity index (χ1) is 20.5. The van der Waals surface area contributed by atoms with Crippen LogP contribution in [-0.2, 0) is 28.9 Å². The zero-order valence-corrected chi connectivity index (χ0v) is 24.4. The van der Waals surface area contributed by atoms with Gasteiger partial charge in [0.05, 0.1) is 5.56 Å². The molecule has 4 rings (SSSR count). The predicted octanol–water partition coefficient (Wildman–Crippen LogP) is 3.81. The molecule has 0 unspecified atom stereocenters. The van der Waals surface area contributed by atoms with Crippen LogP contribution in [0, 0.1) is 18.6 Å². The average Bonchev–Trinajstić information content (AvgIpc) is 3.46. The van der Waals surface area contributed by atoms with Crippen molar-refractivity contribution in [3.05, 3.63) is 106 Å². The fraction of sp³-hybridized carbons (Fsp3) is 0.364. The molecule has 0 spiro atoms. The number of aryl methyl sites for hydroxylation is 2. The Labute approximate surface area is 250 Å². The number of primary amides is 1. The number of rotatable bonds is 12. The Kier molecular flexibility index (Phi) is 10.6. The van der Waals surface area contributed by atoms with E-state index < -0.39 is 47.6 Å². The fourth-order valence-electron chi connectivity index (χ4n) is 5.43. The summed E-state index contributed by atoms with van der Waals surface area (Å²) in [6.07, 6.45) is 1.23. The summed E-state index contributed by atoms with van der Waals surface area (Å²) in [6.45, 7) is 4.87. The third kappa shape index (κ3) is 8.46. The number of carbonyl (C=O) groups excluding carboxylic acids is 3. The molecule has 3 aromatic carbocycles. The Hall–Kier alpha value is -4.15. The van der Waals surface area contributed by atoms with Gasteiger partial charge in [-0.2, -0.15) is 0 Å². The normalized spacial score (nSPS) is 16.1. The highest BCUT2D eigenvalue weighted by molar-refractivity contribution is 6.00. The molecule has 1 saturated heterocycles. The number of nitrogens with one attached hydrogen (secondary N) is 1. The summed E-state index contributed by atoms with van der Waals surface area (Å²) in [4.78, 5) is 40.0. The Balaban J connectivity index is 1.52. The Morgan fingerprint density at radius 3 is 2.40 bits per heavy atom. The van der Waals surface area contributed by atoms with Gasteiger partial charge in [-0.25, -0.2) is 13.6 Å². The van der Waals surface area contributed by atoms with Gasteiger partial charge in [0.25, 0.3) is 5.91 Å². The van der Waals surface area contributed by atoms with Crippen LogP contribution in [-0.4, -0.2) is 54.0 Å². The van der Waals surface area contributed by atoms with Crippen molar-refractivity contribution in [1.82, 2.24) is 10.2 Å². The molecule has 2 amide bonds. The lowest BCUT2D eigenvalue weighted by Gasteiger charge is -2.25. The monoisotopic (exact) mass is 592 g/mol. The molecule has 43 heavy (non-hydrogen) atoms. The van der Waals surface area contributed by atoms with Crippen LogP contribution in [0.5, 0.6) is 0 Å². The molecule has 8 nitrogen and oxygen atoms in total. The van der Waals surface area contributed by atoms with Crippen molar-refractivity contribution in [2.75, 3.05) is 13.1 Å². The van der Waals surface area contributed by atoms with Crippen LogP contribution in [0.4, 0.5) is 8.78 Å². The highest BCUT2D eigenvalue weighted by atomic mass is 19.1. The van der Waals surface area contributed by atoms with Gasteiger partial charge in [-0.1, -0.05) is 31.2 Å². The predicted molar refractivity (Wildman–Crippen MR) is 159 cm³/mol. The highest BCUT2D eigenvalue weighted by Gasteiger charge is 2.33. The minimum Gasteiger partial charge on any atom is -0.456 e. The number of nitrogens with two attached hydrogens (primary N) is 2. The molecule has 10 heteroatoms. The smallest absolute Gasteiger partial charge is 0.338 e. The van der Waals surface area contributed by atoms with E-state index in [0.29, 0.717) is 37.1 Å². The number of nitrogens with zero attached hydrogens (tertiary/aromatic N) is 1. The maximum atomic E-state index is 13.8. The van der Waals surface area contributed by atoms with E-state index in [4.69, 9.17) is 16.2 Å². The van der Waals surface area contributed by atoms with Crippen molar-refractivity contribution in [3.8, 4) is 0 Å². The van der Waals surface area contributed by atoms with E-state index in [1.807, 2.05) is 18.2 Å². The van der Waals surface area contributed by atoms with Crippen LogP contribution >= 0.6 is 0 Å². The molecule has 1 heterocycles. The summed E-state index contributed by atoms with van der Waals surface area (Å²) in [5.74, 6) is -3.11. The highest BCUT2D eigenvalue weighted by Crippen LogP contribution is 2.22. The van der Waals surface area contributed by atoms with Crippen LogP contribution in [0.3, 0.4) is 0 Å². The van der Waals surface area contributed by atoms with Crippen molar-refractivity contribution >= 4 is 17.8 Å². The summed E-state index contributed by atoms with van der Waals surface area (Å²) in [7, 11) is 0. The zero-order valence-electron chi connectivity index (χ0n) is 24.4. The molecule has 1 aliphatic rings. The number of amides is 2. The van der Waals surface area contributed by atoms with Gasteiger partial charge in [0.15, 0.2) is 0 Å². The van der Waals surface area contributed by atoms with Crippen LogP contribution < -0.4 is 16.8 Å². The molecule has 228 valence electrons. The first-order valence-electron chi connectivity index (χ1n) is 14.5. The van der Waals surface area contributed by atoms with Crippen molar-refractivity contribution in [2.24, 2.45) is 11.5 Å². The zero-order chi connectivity index (χ0) is 31.1. The minimum absolute atomic E-state index is 0.0562. The van der Waals surface area contributed by atoms with Crippen molar-refractivity contribution < 1.29 is 27.9 Å². The van der Waals surface area contributed by atoms with Crippen LogP contribution in [0.1, 0.15) is 62.7 Å². The summed E-state index contributed by atoms with van der Waals surface area (Å²) < 4.78 is 33.6. The molecule has 3 aromatic rings. The van der Waals surface area contributed by atoms with Gasteiger partial charge in [-0.3, -0.25) is 9.59 Å². The maximum Gasteiger partial charge on any atom is 0.338 e. The second kappa shape index (κ2) is 14.3. The SMILES string of the molecule is CCc1cccc(CNC[C@@H](OC(=O)c2cc(C)cc(C(=O)N3CCC[C@H]3C(N)=O)c2)[C@@H](N)Cc2cc(F)cc(F)c2)c1. The molecule has 0 aliphatic carbocycles. The first kappa shape index (κ1) is 31.8. The number of benzene rings is 3. The number of ether oxygens (including phenoxy) is 1. The number of likely N-dealkylation sites (tertiary alicyclic amines) is 1. The summed E-state index contributed by atoms with van der Waals surface area (Å²) in [5.41, 5.74) is 15.6. The van der Waals surface area contributed by atoms with E-state index in [1.165, 1.54) is 28.7 Å². The Bertz CT molecular complexity index is 1460. The molecule has 3 atom stereocenters. The van der Waals surface area contributed by atoms with Crippen LogP contribution in [0.2, 0.25) is 0 Å². The number of halogens is 2. The Morgan fingerprint density at radius 2 is 1.70 bits per heavy atom. The summed E-state index contributed by atoms with van der Waals surface area (Å²) in [5, 5.41) is 3.28. The Morgan fingerprint density at radius 1 is 1.00 bits per heavy atom. The molecule has 1 fully saturated rings. The lowest BCUT2D eigenvalue weighted by atomic mass is 10.0. The largest absolute Gasteiger partial charge is 0.456 e. The topological polar surface area (TPSA) is 128 Å². The van der Waals surface area contributed by atoms with Gasteiger partial charge in [0, 0.05) is 37.3 Å². The van der Waals surface area contributed by atoms with Crippen LogP contribution in [0.15, 0.2) is 60.7 Å². The van der Waals surface area contributed by atoms with E-state index in [-0.39, 0.29) is 24.1 Å². The lowest BCUT2D eigenvalue weighted by Crippen LogP contribution is -2.46. The molecule has 0 saturated carbocycles. The second-order valence-corrected chi connectivity index (χ2v) is 11.0. The quantitative estimate of drug-likeness (QED) is 0.275. The van der Waals surface area contributed by atoms with E-state index in [9.17, 15) is 23.2 Å². The molecular weight excluding hydrogens is 554 g/mol. The van der Waals surface area contributed by atoms with Gasteiger partial charge in [-0.15, -0.1) is 0 Å². The third-order valence-corrected chi connectivity index (χ3v) is 7.61. The molecule has 0 aromatic heterocycles. The summed E-state index contributed by atoms with van der Waals surface area (Å²) >= 11 is 0. The third-order valence-electron chi connectivity index (χ3n) is 7.61. The molecular formula is C33H38F2N4O4. The van der Waals surface area contributed by atoms with E-state index in [2.05, 4.69) is 18.3 Å². The molecule has 0 bridgehead atoms. The van der Waals surface area contributed by atoms with Crippen molar-refractivity contribution in [2.45, 2.75) is 64.3 Å². The van der Waals surface area contributed by atoms with Gasteiger partial charge < -0.3 is 26.4 Å². The second-order valence-electron chi connectivity index (χ2n) is 11.0. The number of hydrogen-bond donors (Lipinski definition) is 3.